The smallest absolute Gasteiger partial charge is 0.462 e. The van der Waals surface area contributed by atoms with Gasteiger partial charge < -0.3 is 33.8 Å². The van der Waals surface area contributed by atoms with Crippen molar-refractivity contribution in [3.63, 3.8) is 0 Å². The molecule has 17 nitrogen and oxygen atoms in total. The summed E-state index contributed by atoms with van der Waals surface area (Å²) in [5, 5.41) is 10.6. The Labute approximate surface area is 562 Å². The largest absolute Gasteiger partial charge is 0.472 e. The van der Waals surface area contributed by atoms with Crippen LogP contribution in [0.3, 0.4) is 0 Å². The van der Waals surface area contributed by atoms with E-state index >= 15 is 0 Å². The molecular weight excluding hydrogens is 1210 g/mol. The summed E-state index contributed by atoms with van der Waals surface area (Å²) in [5.41, 5.74) is 0. The molecule has 0 spiro atoms. The van der Waals surface area contributed by atoms with Gasteiger partial charge in [0.25, 0.3) is 0 Å². The first kappa shape index (κ1) is 90.1. The predicted molar refractivity (Wildman–Crippen MR) is 372 cm³/mol. The molecule has 92 heavy (non-hydrogen) atoms. The molecule has 0 aromatic heterocycles. The van der Waals surface area contributed by atoms with Gasteiger partial charge in [-0.1, -0.05) is 336 Å². The molecule has 5 atom stereocenters. The number of carbonyl (C=O) groups is 4. The molecule has 0 aliphatic rings. The molecule has 0 saturated carbocycles. The first-order chi connectivity index (χ1) is 44.7. The maximum Gasteiger partial charge on any atom is 0.472 e. The second kappa shape index (κ2) is 67.6. The van der Waals surface area contributed by atoms with Crippen LogP contribution in [0.15, 0.2) is 0 Å². The molecule has 2 unspecified atom stereocenters. The molecule has 0 rings (SSSR count). The van der Waals surface area contributed by atoms with Crippen LogP contribution < -0.4 is 0 Å². The second-order valence-corrected chi connectivity index (χ2v) is 29.2. The van der Waals surface area contributed by atoms with Gasteiger partial charge in [0.15, 0.2) is 12.2 Å². The first-order valence-corrected chi connectivity index (χ1v) is 41.3. The molecule has 0 fully saturated rings. The molecule has 0 aliphatic heterocycles. The van der Waals surface area contributed by atoms with Gasteiger partial charge in [-0.2, -0.15) is 0 Å². The van der Waals surface area contributed by atoms with Gasteiger partial charge in [0, 0.05) is 25.7 Å². The van der Waals surface area contributed by atoms with Gasteiger partial charge in [0.1, 0.15) is 19.3 Å². The highest BCUT2D eigenvalue weighted by atomic mass is 31.2. The van der Waals surface area contributed by atoms with E-state index in [1.807, 2.05) is 0 Å². The number of hydrogen-bond donors (Lipinski definition) is 3. The Morgan fingerprint density at radius 1 is 0.261 bits per heavy atom. The van der Waals surface area contributed by atoms with Gasteiger partial charge in [0.05, 0.1) is 26.4 Å². The van der Waals surface area contributed by atoms with Gasteiger partial charge >= 0.3 is 39.5 Å². The van der Waals surface area contributed by atoms with Crippen LogP contribution in [0.5, 0.6) is 0 Å². The molecule has 19 heteroatoms. The van der Waals surface area contributed by atoms with Crippen LogP contribution in [0.25, 0.3) is 0 Å². The number of aliphatic hydroxyl groups is 1. The molecule has 0 aromatic carbocycles. The molecule has 0 radical (unpaired) electrons. The zero-order valence-corrected chi connectivity index (χ0v) is 61.3. The number of esters is 4. The minimum absolute atomic E-state index is 0.107. The highest BCUT2D eigenvalue weighted by Gasteiger charge is 2.30. The van der Waals surface area contributed by atoms with E-state index in [-0.39, 0.29) is 25.7 Å². The minimum atomic E-state index is -4.95. The van der Waals surface area contributed by atoms with E-state index in [1.54, 1.807) is 0 Å². The maximum absolute atomic E-state index is 13.1. The monoisotopic (exact) mass is 1350 g/mol. The molecule has 0 aliphatic carbocycles. The summed E-state index contributed by atoms with van der Waals surface area (Å²) in [6.45, 7) is 4.95. The molecule has 0 aromatic rings. The lowest BCUT2D eigenvalue weighted by Gasteiger charge is -2.21. The third kappa shape index (κ3) is 66.7. The van der Waals surface area contributed by atoms with E-state index in [2.05, 4.69) is 27.7 Å². The van der Waals surface area contributed by atoms with Crippen molar-refractivity contribution in [2.75, 3.05) is 39.6 Å². The van der Waals surface area contributed by atoms with Crippen molar-refractivity contribution < 1.29 is 80.2 Å². The summed E-state index contributed by atoms with van der Waals surface area (Å²) in [6, 6.07) is 0. The molecule has 3 N–H and O–H groups in total. The zero-order valence-electron chi connectivity index (χ0n) is 59.5. The second-order valence-electron chi connectivity index (χ2n) is 26.3. The van der Waals surface area contributed by atoms with E-state index < -0.39 is 97.5 Å². The van der Waals surface area contributed by atoms with Crippen molar-refractivity contribution in [1.29, 1.82) is 0 Å². The zero-order chi connectivity index (χ0) is 67.5. The van der Waals surface area contributed by atoms with Gasteiger partial charge in [-0.3, -0.25) is 37.3 Å². The van der Waals surface area contributed by atoms with E-state index in [9.17, 15) is 43.2 Å². The average molecular weight is 1350 g/mol. The molecule has 0 bridgehead atoms. The lowest BCUT2D eigenvalue weighted by Crippen LogP contribution is -2.30. The number of phosphoric ester groups is 2. The number of hydrogen-bond acceptors (Lipinski definition) is 15. The Kier molecular flexibility index (Phi) is 66.2. The van der Waals surface area contributed by atoms with E-state index in [0.29, 0.717) is 25.7 Å². The SMILES string of the molecule is CCCCCCCCCCCCCCCCCCCCCC(=O)O[C@H](COC(=O)CCCCCCCCCCCCCCCC)COP(=O)(O)OC[C@@H](O)COP(=O)(O)OC[C@@H](COC(=O)CCCCCCCCCCC)OC(=O)CCCCCCCCCCCC. The summed E-state index contributed by atoms with van der Waals surface area (Å²) < 4.78 is 68.3. The van der Waals surface area contributed by atoms with Crippen LogP contribution in [0, 0.1) is 0 Å². The number of unbranched alkanes of at least 4 members (excludes halogenated alkanes) is 48. The fraction of sp³-hybridized carbons (Fsp3) is 0.945. The van der Waals surface area contributed by atoms with Gasteiger partial charge in [-0.25, -0.2) is 9.13 Å². The predicted octanol–water partition coefficient (Wildman–Crippen LogP) is 21.4. The lowest BCUT2D eigenvalue weighted by atomic mass is 10.0. The van der Waals surface area contributed by atoms with Crippen LogP contribution in [0.1, 0.15) is 387 Å². The number of phosphoric acid groups is 2. The maximum atomic E-state index is 13.1. The molecule has 546 valence electrons. The highest BCUT2D eigenvalue weighted by molar-refractivity contribution is 7.47. The fourth-order valence-corrected chi connectivity index (χ4v) is 12.8. The minimum Gasteiger partial charge on any atom is -0.462 e. The molecule has 0 heterocycles. The number of ether oxygens (including phenoxy) is 4. The van der Waals surface area contributed by atoms with E-state index in [1.165, 1.54) is 218 Å². The van der Waals surface area contributed by atoms with Crippen LogP contribution in [0.2, 0.25) is 0 Å². The normalized spacial score (nSPS) is 13.9. The molecular formula is C73H142O17P2. The van der Waals surface area contributed by atoms with Crippen LogP contribution in [-0.2, 0) is 65.4 Å². The topological polar surface area (TPSA) is 237 Å². The Morgan fingerprint density at radius 2 is 0.435 bits per heavy atom. The van der Waals surface area contributed by atoms with Crippen molar-refractivity contribution in [2.45, 2.75) is 406 Å². The average Bonchev–Trinajstić information content (AvgIpc) is 3.73. The Morgan fingerprint density at radius 3 is 0.641 bits per heavy atom. The van der Waals surface area contributed by atoms with Gasteiger partial charge in [-0.15, -0.1) is 0 Å². The summed E-state index contributed by atoms with van der Waals surface area (Å²) in [5.74, 6) is -2.12. The third-order valence-corrected chi connectivity index (χ3v) is 19.0. The molecule has 0 amide bonds. The quantitative estimate of drug-likeness (QED) is 0.0222. The summed E-state index contributed by atoms with van der Waals surface area (Å²) in [7, 11) is -9.90. The van der Waals surface area contributed by atoms with Crippen molar-refractivity contribution >= 4 is 39.5 Å². The van der Waals surface area contributed by atoms with Crippen LogP contribution in [0.4, 0.5) is 0 Å². The summed E-state index contributed by atoms with van der Waals surface area (Å²) in [4.78, 5) is 72.6. The number of aliphatic hydroxyl groups excluding tert-OH is 1. The highest BCUT2D eigenvalue weighted by Crippen LogP contribution is 2.45. The fourth-order valence-electron chi connectivity index (χ4n) is 11.2. The van der Waals surface area contributed by atoms with Gasteiger partial charge in [0.2, 0.25) is 0 Å². The van der Waals surface area contributed by atoms with E-state index in [4.69, 9.17) is 37.0 Å². The molecule has 0 saturated heterocycles. The van der Waals surface area contributed by atoms with Crippen LogP contribution in [-0.4, -0.2) is 96.7 Å². The van der Waals surface area contributed by atoms with Crippen molar-refractivity contribution in [3.05, 3.63) is 0 Å². The Hall–Kier alpha value is -1.94. The standard InChI is InChI=1S/C73H142O17P2/c1-5-9-13-17-21-25-28-30-32-33-34-35-36-38-40-44-48-52-56-60-73(78)90-69(64-84-71(76)58-54-50-46-43-39-37-31-29-26-22-18-14-10-6-2)66-88-92(81,82)86-62-67(74)61-85-91(79,80)87-65-68(63-83-70(75)57-53-49-45-41-24-20-16-12-8-4)89-72(77)59-55-51-47-42-27-23-19-15-11-7-3/h67-69,74H,5-66H2,1-4H3,(H,79,80)(H,81,82)/t67-,68+,69+/m0/s1. The first-order valence-electron chi connectivity index (χ1n) is 38.3. The van der Waals surface area contributed by atoms with Crippen molar-refractivity contribution in [1.82, 2.24) is 0 Å². The van der Waals surface area contributed by atoms with Crippen molar-refractivity contribution in [2.24, 2.45) is 0 Å². The number of carbonyl (C=O) groups excluding carboxylic acids is 4. The third-order valence-electron chi connectivity index (χ3n) is 17.1. The van der Waals surface area contributed by atoms with E-state index in [0.717, 1.165) is 89.9 Å². The van der Waals surface area contributed by atoms with Crippen molar-refractivity contribution in [3.8, 4) is 0 Å². The summed E-state index contributed by atoms with van der Waals surface area (Å²) >= 11 is 0. The Bertz CT molecular complexity index is 1760. The Balaban J connectivity index is 5.19. The van der Waals surface area contributed by atoms with Crippen LogP contribution >= 0.6 is 15.6 Å². The lowest BCUT2D eigenvalue weighted by molar-refractivity contribution is -0.161. The number of rotatable bonds is 74. The van der Waals surface area contributed by atoms with Gasteiger partial charge in [-0.05, 0) is 25.7 Å². The summed E-state index contributed by atoms with van der Waals surface area (Å²) in [6.07, 6.45) is 56.9.